The second-order valence-corrected chi connectivity index (χ2v) is 5.27. The van der Waals surface area contributed by atoms with Gasteiger partial charge in [0.15, 0.2) is 5.65 Å². The van der Waals surface area contributed by atoms with Gasteiger partial charge in [-0.15, -0.1) is 0 Å². The quantitative estimate of drug-likeness (QED) is 0.830. The van der Waals surface area contributed by atoms with Gasteiger partial charge < -0.3 is 10.1 Å². The number of carboxylic acid groups (broad SMARTS) is 1. The number of carboxylic acids is 1. The highest BCUT2D eigenvalue weighted by Gasteiger charge is 2.48. The van der Waals surface area contributed by atoms with Gasteiger partial charge >= 0.3 is 5.97 Å². The number of hydrogen-bond acceptors (Lipinski definition) is 3. The summed E-state index contributed by atoms with van der Waals surface area (Å²) in [4.78, 5) is 22.5. The molecule has 0 aromatic carbocycles. The first-order valence-electron chi connectivity index (χ1n) is 5.56. The Labute approximate surface area is 97.9 Å². The molecule has 1 aliphatic rings. The van der Waals surface area contributed by atoms with Crippen molar-refractivity contribution in [3.05, 3.63) is 23.7 Å². The van der Waals surface area contributed by atoms with Gasteiger partial charge in [0.05, 0.1) is 11.1 Å². The van der Waals surface area contributed by atoms with Crippen LogP contribution in [0.25, 0.3) is 11.2 Å². The summed E-state index contributed by atoms with van der Waals surface area (Å²) in [7, 11) is 0. The van der Waals surface area contributed by atoms with Gasteiger partial charge in [-0.2, -0.15) is 0 Å². The SMILES string of the molecule is CC1(C)CC1c1nc2ncc(C(=O)O)cc2[nH]1. The highest BCUT2D eigenvalue weighted by atomic mass is 16.4. The van der Waals surface area contributed by atoms with Crippen LogP contribution < -0.4 is 0 Å². The van der Waals surface area contributed by atoms with Gasteiger partial charge in [0.25, 0.3) is 0 Å². The lowest BCUT2D eigenvalue weighted by atomic mass is 10.1. The van der Waals surface area contributed by atoms with Crippen molar-refractivity contribution in [2.75, 3.05) is 0 Å². The second kappa shape index (κ2) is 3.06. The van der Waals surface area contributed by atoms with E-state index in [4.69, 9.17) is 5.11 Å². The number of nitrogens with zero attached hydrogens (tertiary/aromatic N) is 2. The molecule has 0 bridgehead atoms. The lowest BCUT2D eigenvalue weighted by Crippen LogP contribution is -1.96. The Morgan fingerprint density at radius 2 is 2.29 bits per heavy atom. The van der Waals surface area contributed by atoms with Crippen LogP contribution in [0.2, 0.25) is 0 Å². The largest absolute Gasteiger partial charge is 0.478 e. The molecule has 2 N–H and O–H groups in total. The van der Waals surface area contributed by atoms with Crippen molar-refractivity contribution >= 4 is 17.1 Å². The minimum Gasteiger partial charge on any atom is -0.478 e. The molecule has 1 atom stereocenters. The summed E-state index contributed by atoms with van der Waals surface area (Å²) in [6, 6.07) is 1.58. The van der Waals surface area contributed by atoms with E-state index in [1.165, 1.54) is 6.20 Å². The van der Waals surface area contributed by atoms with Crippen LogP contribution in [0.4, 0.5) is 0 Å². The number of carbonyl (C=O) groups is 1. The monoisotopic (exact) mass is 231 g/mol. The maximum Gasteiger partial charge on any atom is 0.337 e. The van der Waals surface area contributed by atoms with E-state index >= 15 is 0 Å². The summed E-state index contributed by atoms with van der Waals surface area (Å²) in [5.41, 5.74) is 1.77. The molecule has 17 heavy (non-hydrogen) atoms. The highest BCUT2D eigenvalue weighted by Crippen LogP contribution is 2.57. The molecule has 1 unspecified atom stereocenters. The van der Waals surface area contributed by atoms with Crippen molar-refractivity contribution in [1.29, 1.82) is 0 Å². The number of nitrogens with one attached hydrogen (secondary N) is 1. The minimum absolute atomic E-state index is 0.183. The Balaban J connectivity index is 2.05. The van der Waals surface area contributed by atoms with Crippen molar-refractivity contribution in [2.24, 2.45) is 5.41 Å². The molecule has 0 radical (unpaired) electrons. The van der Waals surface area contributed by atoms with Crippen molar-refractivity contribution in [3.63, 3.8) is 0 Å². The number of rotatable bonds is 2. The Morgan fingerprint density at radius 3 is 2.88 bits per heavy atom. The summed E-state index contributed by atoms with van der Waals surface area (Å²) in [6.07, 6.45) is 2.45. The Kier molecular flexibility index (Phi) is 1.85. The molecule has 2 aromatic heterocycles. The van der Waals surface area contributed by atoms with Crippen molar-refractivity contribution in [3.8, 4) is 0 Å². The van der Waals surface area contributed by atoms with Gasteiger partial charge in [-0.1, -0.05) is 13.8 Å². The number of pyridine rings is 1. The molecular formula is C12H13N3O2. The Bertz CT molecular complexity index is 615. The van der Waals surface area contributed by atoms with Crippen molar-refractivity contribution < 1.29 is 9.90 Å². The van der Waals surface area contributed by atoms with Crippen molar-refractivity contribution in [2.45, 2.75) is 26.2 Å². The summed E-state index contributed by atoms with van der Waals surface area (Å²) < 4.78 is 0. The number of fused-ring (bicyclic) bond motifs is 1. The van der Waals surface area contributed by atoms with Crippen LogP contribution in [0.5, 0.6) is 0 Å². The third-order valence-electron chi connectivity index (χ3n) is 3.45. The zero-order valence-corrected chi connectivity index (χ0v) is 9.69. The van der Waals surface area contributed by atoms with E-state index in [0.29, 0.717) is 22.5 Å². The average molecular weight is 231 g/mol. The Hall–Kier alpha value is -1.91. The van der Waals surface area contributed by atoms with Crippen LogP contribution in [0, 0.1) is 5.41 Å². The van der Waals surface area contributed by atoms with Gasteiger partial charge in [-0.25, -0.2) is 14.8 Å². The zero-order valence-electron chi connectivity index (χ0n) is 9.69. The maximum absolute atomic E-state index is 10.8. The lowest BCUT2D eigenvalue weighted by Gasteiger charge is -1.97. The number of aromatic nitrogens is 3. The zero-order chi connectivity index (χ0) is 12.2. The van der Waals surface area contributed by atoms with Gasteiger partial charge in [0, 0.05) is 12.1 Å². The van der Waals surface area contributed by atoms with Gasteiger partial charge in [-0.05, 0) is 17.9 Å². The topological polar surface area (TPSA) is 78.9 Å². The fourth-order valence-electron chi connectivity index (χ4n) is 2.13. The number of aromatic carboxylic acids is 1. The predicted molar refractivity (Wildman–Crippen MR) is 62.0 cm³/mol. The van der Waals surface area contributed by atoms with E-state index in [2.05, 4.69) is 28.8 Å². The molecule has 2 aromatic rings. The first-order chi connectivity index (χ1) is 7.97. The summed E-state index contributed by atoms with van der Waals surface area (Å²) >= 11 is 0. The number of H-pyrrole nitrogens is 1. The highest BCUT2D eigenvalue weighted by molar-refractivity contribution is 5.90. The van der Waals surface area contributed by atoms with E-state index < -0.39 is 5.97 Å². The molecule has 2 heterocycles. The van der Waals surface area contributed by atoms with Crippen LogP contribution in [0.1, 0.15) is 42.4 Å². The molecule has 88 valence electrons. The van der Waals surface area contributed by atoms with E-state index in [1.807, 2.05) is 0 Å². The molecular weight excluding hydrogens is 218 g/mol. The third-order valence-corrected chi connectivity index (χ3v) is 3.45. The van der Waals surface area contributed by atoms with Gasteiger partial charge in [0.1, 0.15) is 5.82 Å². The second-order valence-electron chi connectivity index (χ2n) is 5.27. The standard InChI is InChI=1S/C12H13N3O2/c1-12(2)4-7(12)9-14-8-3-6(11(16)17)5-13-10(8)15-9/h3,5,7H,4H2,1-2H3,(H,16,17)(H,13,14,15). The number of hydrogen-bond donors (Lipinski definition) is 2. The molecule has 0 aliphatic heterocycles. The molecule has 0 spiro atoms. The normalized spacial score (nSPS) is 21.6. The number of aromatic amines is 1. The minimum atomic E-state index is -0.970. The van der Waals surface area contributed by atoms with Crippen LogP contribution in [-0.2, 0) is 0 Å². The Morgan fingerprint density at radius 1 is 1.59 bits per heavy atom. The van der Waals surface area contributed by atoms with Crippen LogP contribution in [0.3, 0.4) is 0 Å². The van der Waals surface area contributed by atoms with E-state index in [-0.39, 0.29) is 5.56 Å². The molecule has 0 amide bonds. The van der Waals surface area contributed by atoms with Gasteiger partial charge in [0.2, 0.25) is 0 Å². The van der Waals surface area contributed by atoms with Gasteiger partial charge in [-0.3, -0.25) is 0 Å². The fourth-order valence-corrected chi connectivity index (χ4v) is 2.13. The molecule has 5 nitrogen and oxygen atoms in total. The van der Waals surface area contributed by atoms with E-state index in [9.17, 15) is 4.79 Å². The predicted octanol–water partition coefficient (Wildman–Crippen LogP) is 2.17. The molecule has 1 saturated carbocycles. The smallest absolute Gasteiger partial charge is 0.337 e. The van der Waals surface area contributed by atoms with Crippen molar-refractivity contribution in [1.82, 2.24) is 15.0 Å². The third kappa shape index (κ3) is 1.58. The molecule has 1 aliphatic carbocycles. The van der Waals surface area contributed by atoms with Crippen LogP contribution in [0.15, 0.2) is 12.3 Å². The fraction of sp³-hybridized carbons (Fsp3) is 0.417. The first kappa shape index (κ1) is 10.3. The van der Waals surface area contributed by atoms with E-state index in [1.54, 1.807) is 6.07 Å². The maximum atomic E-state index is 10.8. The molecule has 3 rings (SSSR count). The average Bonchev–Trinajstić information content (AvgIpc) is 2.74. The first-order valence-corrected chi connectivity index (χ1v) is 5.56. The van der Waals surface area contributed by atoms with Crippen LogP contribution >= 0.6 is 0 Å². The molecule has 1 fully saturated rings. The molecule has 0 saturated heterocycles. The number of imidazole rings is 1. The van der Waals surface area contributed by atoms with Crippen LogP contribution in [-0.4, -0.2) is 26.0 Å². The summed E-state index contributed by atoms with van der Waals surface area (Å²) in [5, 5.41) is 8.88. The summed E-state index contributed by atoms with van der Waals surface area (Å²) in [5.74, 6) is 0.382. The van der Waals surface area contributed by atoms with E-state index in [0.717, 1.165) is 12.2 Å². The molecule has 5 heteroatoms. The summed E-state index contributed by atoms with van der Waals surface area (Å²) in [6.45, 7) is 4.39. The lowest BCUT2D eigenvalue weighted by molar-refractivity contribution is 0.0696.